The molecule has 0 radical (unpaired) electrons. The Hall–Kier alpha value is -2.05. The molecule has 0 saturated heterocycles. The second-order valence-electron chi connectivity index (χ2n) is 5.29. The first-order chi connectivity index (χ1) is 11.1. The number of hydrogen-bond acceptors (Lipinski definition) is 3. The Labute approximate surface area is 135 Å². The Morgan fingerprint density at radius 3 is 2.74 bits per heavy atom. The van der Waals surface area contributed by atoms with Gasteiger partial charge in [-0.15, -0.1) is 0 Å². The van der Waals surface area contributed by atoms with Crippen molar-refractivity contribution in [3.63, 3.8) is 0 Å². The minimum absolute atomic E-state index is 0.0481. The zero-order valence-corrected chi connectivity index (χ0v) is 13.4. The van der Waals surface area contributed by atoms with Crippen LogP contribution >= 0.6 is 0 Å². The van der Waals surface area contributed by atoms with Gasteiger partial charge in [-0.25, -0.2) is 0 Å². The number of guanidine groups is 1. The van der Waals surface area contributed by atoms with Gasteiger partial charge in [0.05, 0.1) is 7.11 Å². The summed E-state index contributed by atoms with van der Waals surface area (Å²) in [6.07, 6.45) is 2.99. The van der Waals surface area contributed by atoms with Crippen molar-refractivity contribution < 1.29 is 18.3 Å². The van der Waals surface area contributed by atoms with Crippen LogP contribution in [0.5, 0.6) is 11.5 Å². The van der Waals surface area contributed by atoms with E-state index in [0.717, 1.165) is 18.1 Å². The summed E-state index contributed by atoms with van der Waals surface area (Å²) in [4.78, 5) is 4.50. The van der Waals surface area contributed by atoms with E-state index < -0.39 is 6.61 Å². The number of hydrogen-bond donors (Lipinski definition) is 2. The predicted molar refractivity (Wildman–Crippen MR) is 85.5 cm³/mol. The van der Waals surface area contributed by atoms with E-state index >= 15 is 0 Å². The number of nitrogens with zero attached hydrogens (tertiary/aromatic N) is 1. The Morgan fingerprint density at radius 1 is 1.35 bits per heavy atom. The van der Waals surface area contributed by atoms with Crippen LogP contribution in [0.1, 0.15) is 25.3 Å². The molecule has 0 amide bonds. The van der Waals surface area contributed by atoms with Crippen LogP contribution in [0.15, 0.2) is 23.2 Å². The number of ether oxygens (including phenoxy) is 2. The fourth-order valence-electron chi connectivity index (χ4n) is 2.10. The van der Waals surface area contributed by atoms with E-state index in [0.29, 0.717) is 24.8 Å². The van der Waals surface area contributed by atoms with E-state index in [4.69, 9.17) is 4.74 Å². The van der Waals surface area contributed by atoms with E-state index in [1.165, 1.54) is 20.0 Å². The summed E-state index contributed by atoms with van der Waals surface area (Å²) in [6, 6.07) is 5.56. The van der Waals surface area contributed by atoms with Gasteiger partial charge in [-0.05, 0) is 43.9 Å². The molecule has 7 heteroatoms. The molecule has 1 aliphatic carbocycles. The number of methoxy groups -OCH3 is 1. The zero-order valence-electron chi connectivity index (χ0n) is 13.4. The molecule has 0 atom stereocenters. The molecule has 1 fully saturated rings. The smallest absolute Gasteiger partial charge is 0.387 e. The molecule has 1 aromatic rings. The first-order valence-corrected chi connectivity index (χ1v) is 7.79. The Kier molecular flexibility index (Phi) is 6.43. The highest BCUT2D eigenvalue weighted by Gasteiger charge is 2.22. The van der Waals surface area contributed by atoms with E-state index in [1.807, 2.05) is 13.0 Å². The lowest BCUT2D eigenvalue weighted by Crippen LogP contribution is -2.38. The molecule has 5 nitrogen and oxygen atoms in total. The second-order valence-corrected chi connectivity index (χ2v) is 5.29. The Balaban J connectivity index is 1.95. The number of nitrogens with one attached hydrogen (secondary N) is 2. The normalized spacial score (nSPS) is 14.7. The van der Waals surface area contributed by atoms with E-state index in [9.17, 15) is 8.78 Å². The maximum atomic E-state index is 12.4. The number of halogens is 2. The highest BCUT2D eigenvalue weighted by Crippen LogP contribution is 2.29. The number of alkyl halides is 2. The highest BCUT2D eigenvalue weighted by molar-refractivity contribution is 5.80. The van der Waals surface area contributed by atoms with Crippen LogP contribution < -0.4 is 20.1 Å². The average Bonchev–Trinajstić information content (AvgIpc) is 3.31. The van der Waals surface area contributed by atoms with Gasteiger partial charge in [-0.3, -0.25) is 4.99 Å². The lowest BCUT2D eigenvalue weighted by Gasteiger charge is -2.12. The van der Waals surface area contributed by atoms with Gasteiger partial charge in [0.15, 0.2) is 17.5 Å². The average molecular weight is 327 g/mol. The highest BCUT2D eigenvalue weighted by atomic mass is 19.3. The van der Waals surface area contributed by atoms with Crippen molar-refractivity contribution in [3.05, 3.63) is 23.8 Å². The fourth-order valence-corrected chi connectivity index (χ4v) is 2.10. The van der Waals surface area contributed by atoms with Crippen molar-refractivity contribution in [2.75, 3.05) is 20.2 Å². The van der Waals surface area contributed by atoms with Crippen LogP contribution in [0.2, 0.25) is 0 Å². The van der Waals surface area contributed by atoms with Gasteiger partial charge in [0, 0.05) is 19.1 Å². The van der Waals surface area contributed by atoms with Gasteiger partial charge in [0.25, 0.3) is 0 Å². The maximum Gasteiger partial charge on any atom is 0.387 e. The van der Waals surface area contributed by atoms with Crippen LogP contribution in [0, 0.1) is 0 Å². The maximum absolute atomic E-state index is 12.4. The first-order valence-electron chi connectivity index (χ1n) is 7.79. The SMILES string of the molecule is CCNC(=NCCc1ccc(OC)c(OC(F)F)c1)NC1CC1. The third kappa shape index (κ3) is 5.92. The van der Waals surface area contributed by atoms with Crippen molar-refractivity contribution >= 4 is 5.96 Å². The Bertz CT molecular complexity index is 534. The molecule has 0 aromatic heterocycles. The van der Waals surface area contributed by atoms with Crippen molar-refractivity contribution in [1.29, 1.82) is 0 Å². The quantitative estimate of drug-likeness (QED) is 0.569. The summed E-state index contributed by atoms with van der Waals surface area (Å²) in [7, 11) is 1.42. The van der Waals surface area contributed by atoms with Gasteiger partial charge in [0.2, 0.25) is 0 Å². The molecule has 0 unspecified atom stereocenters. The summed E-state index contributed by atoms with van der Waals surface area (Å²) in [6.45, 7) is 0.498. The predicted octanol–water partition coefficient (Wildman–Crippen LogP) is 2.56. The molecule has 2 N–H and O–H groups in total. The molecule has 23 heavy (non-hydrogen) atoms. The summed E-state index contributed by atoms with van der Waals surface area (Å²) in [5.74, 6) is 1.14. The molecule has 0 bridgehead atoms. The molecule has 0 heterocycles. The van der Waals surface area contributed by atoms with Crippen LogP contribution in [0.25, 0.3) is 0 Å². The van der Waals surface area contributed by atoms with Crippen LogP contribution in [0.4, 0.5) is 8.78 Å². The summed E-state index contributed by atoms with van der Waals surface area (Å²) in [5, 5.41) is 6.52. The second kappa shape index (κ2) is 8.55. The lowest BCUT2D eigenvalue weighted by atomic mass is 10.1. The van der Waals surface area contributed by atoms with Gasteiger partial charge >= 0.3 is 6.61 Å². The zero-order chi connectivity index (χ0) is 16.7. The molecular weight excluding hydrogens is 304 g/mol. The van der Waals surface area contributed by atoms with E-state index in [2.05, 4.69) is 20.4 Å². The molecule has 1 saturated carbocycles. The van der Waals surface area contributed by atoms with Crippen LogP contribution in [0.3, 0.4) is 0 Å². The van der Waals surface area contributed by atoms with Gasteiger partial charge < -0.3 is 20.1 Å². The number of rotatable bonds is 8. The summed E-state index contributed by atoms with van der Waals surface area (Å²) < 4.78 is 34.4. The first kappa shape index (κ1) is 17.3. The summed E-state index contributed by atoms with van der Waals surface area (Å²) >= 11 is 0. The van der Waals surface area contributed by atoms with E-state index in [-0.39, 0.29) is 5.75 Å². The monoisotopic (exact) mass is 327 g/mol. The topological polar surface area (TPSA) is 54.9 Å². The minimum atomic E-state index is -2.87. The van der Waals surface area contributed by atoms with Crippen molar-refractivity contribution in [2.45, 2.75) is 38.8 Å². The molecule has 1 aromatic carbocycles. The number of benzene rings is 1. The Morgan fingerprint density at radius 2 is 2.13 bits per heavy atom. The largest absolute Gasteiger partial charge is 0.493 e. The van der Waals surface area contributed by atoms with Gasteiger partial charge in [-0.2, -0.15) is 8.78 Å². The van der Waals surface area contributed by atoms with Gasteiger partial charge in [0.1, 0.15) is 0 Å². The van der Waals surface area contributed by atoms with Crippen molar-refractivity contribution in [3.8, 4) is 11.5 Å². The fraction of sp³-hybridized carbons (Fsp3) is 0.562. The lowest BCUT2D eigenvalue weighted by molar-refractivity contribution is -0.0512. The van der Waals surface area contributed by atoms with Crippen molar-refractivity contribution in [2.24, 2.45) is 4.99 Å². The summed E-state index contributed by atoms with van der Waals surface area (Å²) in [5.41, 5.74) is 0.868. The third-order valence-corrected chi connectivity index (χ3v) is 3.38. The molecule has 0 aliphatic heterocycles. The van der Waals surface area contributed by atoms with Crippen molar-refractivity contribution in [1.82, 2.24) is 10.6 Å². The van der Waals surface area contributed by atoms with Crippen LogP contribution in [-0.4, -0.2) is 38.8 Å². The molecule has 1 aliphatic rings. The molecular formula is C16H23F2N3O2. The molecule has 2 rings (SSSR count). The molecule has 128 valence electrons. The third-order valence-electron chi connectivity index (χ3n) is 3.38. The minimum Gasteiger partial charge on any atom is -0.493 e. The number of aliphatic imine (C=N–C) groups is 1. The van der Waals surface area contributed by atoms with E-state index in [1.54, 1.807) is 12.1 Å². The van der Waals surface area contributed by atoms with Crippen LogP contribution in [-0.2, 0) is 6.42 Å². The van der Waals surface area contributed by atoms with Gasteiger partial charge in [-0.1, -0.05) is 6.07 Å². The standard InChI is InChI=1S/C16H23F2N3O2/c1-3-19-16(21-12-5-6-12)20-9-8-11-4-7-13(22-2)14(10-11)23-15(17)18/h4,7,10,12,15H,3,5-6,8-9H2,1-2H3,(H2,19,20,21). The molecule has 0 spiro atoms.